The minimum Gasteiger partial charge on any atom is -0.352 e. The Kier molecular flexibility index (Phi) is 6.09. The molecule has 1 aliphatic rings. The quantitative estimate of drug-likeness (QED) is 0.779. The average molecular weight is 255 g/mol. The number of hydrogen-bond acceptors (Lipinski definition) is 3. The lowest BCUT2D eigenvalue weighted by Gasteiger charge is -2.39. The molecule has 3 unspecified atom stereocenters. The first kappa shape index (κ1) is 15.4. The van der Waals surface area contributed by atoms with E-state index in [4.69, 9.17) is 5.73 Å². The van der Waals surface area contributed by atoms with Gasteiger partial charge in [0, 0.05) is 24.7 Å². The second kappa shape index (κ2) is 7.10. The third-order valence-electron chi connectivity index (χ3n) is 4.18. The van der Waals surface area contributed by atoms with Gasteiger partial charge in [-0.25, -0.2) is 0 Å². The molecule has 0 radical (unpaired) electrons. The molecule has 4 heteroatoms. The number of nitrogens with two attached hydrogens (primary N) is 1. The van der Waals surface area contributed by atoms with Gasteiger partial charge in [-0.15, -0.1) is 0 Å². The molecule has 106 valence electrons. The molecule has 0 aromatic carbocycles. The molecule has 1 amide bonds. The highest BCUT2D eigenvalue weighted by molar-refractivity contribution is 5.78. The molecule has 0 aromatic heterocycles. The molecule has 0 spiro atoms. The van der Waals surface area contributed by atoms with E-state index in [1.807, 2.05) is 0 Å². The lowest BCUT2D eigenvalue weighted by Crippen LogP contribution is -2.53. The summed E-state index contributed by atoms with van der Waals surface area (Å²) in [5.74, 6) is 0.599. The molecule has 1 aliphatic heterocycles. The van der Waals surface area contributed by atoms with Crippen molar-refractivity contribution in [3.63, 3.8) is 0 Å². The van der Waals surface area contributed by atoms with E-state index in [1.165, 1.54) is 12.8 Å². The van der Waals surface area contributed by atoms with Crippen LogP contribution < -0.4 is 11.1 Å². The van der Waals surface area contributed by atoms with E-state index in [9.17, 15) is 4.79 Å². The van der Waals surface area contributed by atoms with Gasteiger partial charge in [0.05, 0.1) is 6.54 Å². The van der Waals surface area contributed by atoms with Crippen molar-refractivity contribution in [1.29, 1.82) is 0 Å². The fraction of sp³-hybridized carbons (Fsp3) is 0.929. The normalized spacial score (nSPS) is 27.2. The molecule has 0 aromatic rings. The van der Waals surface area contributed by atoms with Crippen LogP contribution in [0.4, 0.5) is 0 Å². The van der Waals surface area contributed by atoms with Crippen molar-refractivity contribution in [3.05, 3.63) is 0 Å². The predicted molar refractivity (Wildman–Crippen MR) is 75.3 cm³/mol. The van der Waals surface area contributed by atoms with Crippen LogP contribution in [-0.2, 0) is 4.79 Å². The summed E-state index contributed by atoms with van der Waals surface area (Å²) in [6.45, 7) is 9.63. The summed E-state index contributed by atoms with van der Waals surface area (Å²) in [6.07, 6.45) is 3.51. The molecule has 1 saturated heterocycles. The van der Waals surface area contributed by atoms with E-state index in [0.29, 0.717) is 31.1 Å². The number of carbonyl (C=O) groups excluding carboxylic acids is 1. The van der Waals surface area contributed by atoms with Crippen molar-refractivity contribution in [2.24, 2.45) is 11.7 Å². The van der Waals surface area contributed by atoms with Crippen LogP contribution in [0.5, 0.6) is 0 Å². The highest BCUT2D eigenvalue weighted by Gasteiger charge is 2.28. The van der Waals surface area contributed by atoms with Gasteiger partial charge in [-0.2, -0.15) is 0 Å². The monoisotopic (exact) mass is 255 g/mol. The zero-order valence-corrected chi connectivity index (χ0v) is 12.3. The Morgan fingerprint density at radius 1 is 1.39 bits per heavy atom. The average Bonchev–Trinajstić information content (AvgIpc) is 2.31. The first-order valence-electron chi connectivity index (χ1n) is 7.20. The molecular formula is C14H29N3O. The van der Waals surface area contributed by atoms with E-state index in [0.717, 1.165) is 6.42 Å². The van der Waals surface area contributed by atoms with Crippen molar-refractivity contribution in [2.45, 2.75) is 65.1 Å². The molecule has 0 aliphatic carbocycles. The molecule has 0 saturated carbocycles. The van der Waals surface area contributed by atoms with Gasteiger partial charge in [0.15, 0.2) is 0 Å². The molecule has 3 atom stereocenters. The third-order valence-corrected chi connectivity index (χ3v) is 4.18. The van der Waals surface area contributed by atoms with Gasteiger partial charge in [0.25, 0.3) is 0 Å². The van der Waals surface area contributed by atoms with Crippen molar-refractivity contribution < 1.29 is 4.79 Å². The fourth-order valence-electron chi connectivity index (χ4n) is 2.51. The van der Waals surface area contributed by atoms with Gasteiger partial charge in [0.2, 0.25) is 5.91 Å². The van der Waals surface area contributed by atoms with Crippen LogP contribution in [0.25, 0.3) is 0 Å². The van der Waals surface area contributed by atoms with Crippen LogP contribution in [0, 0.1) is 5.92 Å². The van der Waals surface area contributed by atoms with E-state index >= 15 is 0 Å². The zero-order valence-electron chi connectivity index (χ0n) is 12.3. The van der Waals surface area contributed by atoms with Crippen LogP contribution in [0.15, 0.2) is 0 Å². The molecule has 1 rings (SSSR count). The second-order valence-electron chi connectivity index (χ2n) is 5.94. The number of nitrogens with zero attached hydrogens (tertiary/aromatic N) is 1. The van der Waals surface area contributed by atoms with Crippen molar-refractivity contribution in [3.8, 4) is 0 Å². The van der Waals surface area contributed by atoms with E-state index in [1.54, 1.807) is 0 Å². The van der Waals surface area contributed by atoms with Crippen LogP contribution in [0.2, 0.25) is 0 Å². The lowest BCUT2D eigenvalue weighted by atomic mass is 9.96. The number of nitrogens with one attached hydrogen (secondary N) is 1. The van der Waals surface area contributed by atoms with Crippen LogP contribution >= 0.6 is 0 Å². The lowest BCUT2D eigenvalue weighted by molar-refractivity contribution is -0.124. The maximum absolute atomic E-state index is 12.0. The highest BCUT2D eigenvalue weighted by atomic mass is 16.2. The standard InChI is InChI=1S/C14H29N3O/c1-10(2)12(4)16-14(18)9-17-11(3)6-5-7-13(17)8-15/h10-13H,5-9,15H2,1-4H3,(H,16,18). The maximum Gasteiger partial charge on any atom is 0.234 e. The van der Waals surface area contributed by atoms with Gasteiger partial charge in [0.1, 0.15) is 0 Å². The molecule has 4 nitrogen and oxygen atoms in total. The van der Waals surface area contributed by atoms with Gasteiger partial charge in [-0.05, 0) is 32.6 Å². The molecule has 18 heavy (non-hydrogen) atoms. The SMILES string of the molecule is CC(C)C(C)NC(=O)CN1C(C)CCCC1CN. The highest BCUT2D eigenvalue weighted by Crippen LogP contribution is 2.21. The Morgan fingerprint density at radius 2 is 2.06 bits per heavy atom. The Hall–Kier alpha value is -0.610. The molecule has 1 fully saturated rings. The molecular weight excluding hydrogens is 226 g/mol. The zero-order chi connectivity index (χ0) is 13.7. The number of piperidine rings is 1. The summed E-state index contributed by atoms with van der Waals surface area (Å²) < 4.78 is 0. The van der Waals surface area contributed by atoms with Crippen LogP contribution in [0.1, 0.15) is 47.0 Å². The van der Waals surface area contributed by atoms with Crippen molar-refractivity contribution in [2.75, 3.05) is 13.1 Å². The topological polar surface area (TPSA) is 58.4 Å². The minimum atomic E-state index is 0.128. The van der Waals surface area contributed by atoms with E-state index in [2.05, 4.69) is 37.9 Å². The predicted octanol–water partition coefficient (Wildman–Crippen LogP) is 1.35. The summed E-state index contributed by atoms with van der Waals surface area (Å²) in [4.78, 5) is 14.3. The van der Waals surface area contributed by atoms with Gasteiger partial charge in [-0.3, -0.25) is 9.69 Å². The molecule has 1 heterocycles. The Bertz CT molecular complexity index is 268. The molecule has 3 N–H and O–H groups in total. The summed E-state index contributed by atoms with van der Waals surface area (Å²) in [7, 11) is 0. The fourth-order valence-corrected chi connectivity index (χ4v) is 2.51. The number of amides is 1. The molecule has 0 bridgehead atoms. The largest absolute Gasteiger partial charge is 0.352 e. The van der Waals surface area contributed by atoms with Gasteiger partial charge in [-0.1, -0.05) is 20.3 Å². The summed E-state index contributed by atoms with van der Waals surface area (Å²) in [5, 5.41) is 3.07. The first-order chi connectivity index (χ1) is 8.45. The van der Waals surface area contributed by atoms with Crippen molar-refractivity contribution >= 4 is 5.91 Å². The number of rotatable bonds is 5. The minimum absolute atomic E-state index is 0.128. The third kappa shape index (κ3) is 4.25. The van der Waals surface area contributed by atoms with Crippen molar-refractivity contribution in [1.82, 2.24) is 10.2 Å². The second-order valence-corrected chi connectivity index (χ2v) is 5.94. The summed E-state index contributed by atoms with van der Waals surface area (Å²) in [6, 6.07) is 1.06. The Morgan fingerprint density at radius 3 is 2.61 bits per heavy atom. The summed E-state index contributed by atoms with van der Waals surface area (Å²) in [5.41, 5.74) is 5.81. The Balaban J connectivity index is 2.50. The van der Waals surface area contributed by atoms with E-state index in [-0.39, 0.29) is 11.9 Å². The number of hydrogen-bond donors (Lipinski definition) is 2. The van der Waals surface area contributed by atoms with Crippen LogP contribution in [0.3, 0.4) is 0 Å². The number of carbonyl (C=O) groups is 1. The summed E-state index contributed by atoms with van der Waals surface area (Å²) >= 11 is 0. The van der Waals surface area contributed by atoms with E-state index < -0.39 is 0 Å². The first-order valence-corrected chi connectivity index (χ1v) is 7.20. The van der Waals surface area contributed by atoms with Gasteiger partial charge >= 0.3 is 0 Å². The smallest absolute Gasteiger partial charge is 0.234 e. The van der Waals surface area contributed by atoms with Gasteiger partial charge < -0.3 is 11.1 Å². The maximum atomic E-state index is 12.0. The Labute approximate surface area is 111 Å². The van der Waals surface area contributed by atoms with Crippen LogP contribution in [-0.4, -0.2) is 42.0 Å². The number of likely N-dealkylation sites (tertiary alicyclic amines) is 1.